The zero-order valence-corrected chi connectivity index (χ0v) is 20.9. The molecule has 1 atom stereocenters. The third-order valence-corrected chi connectivity index (χ3v) is 7.97. The molecule has 37 heavy (non-hydrogen) atoms. The summed E-state index contributed by atoms with van der Waals surface area (Å²) in [4.78, 5) is 45.3. The van der Waals surface area contributed by atoms with Gasteiger partial charge < -0.3 is 9.73 Å². The maximum Gasteiger partial charge on any atom is 0.265 e. The number of nitrogens with one attached hydrogen (secondary N) is 1. The van der Waals surface area contributed by atoms with Crippen LogP contribution in [-0.4, -0.2) is 28.0 Å². The Bertz CT molecular complexity index is 1580. The summed E-state index contributed by atoms with van der Waals surface area (Å²) in [6, 6.07) is 25.4. The Morgan fingerprint density at radius 2 is 1.76 bits per heavy atom. The number of nitrogens with zero attached hydrogens (tertiary/aromatic N) is 2. The molecule has 5 aromatic rings. The number of amides is 3. The van der Waals surface area contributed by atoms with Gasteiger partial charge in [-0.1, -0.05) is 18.2 Å². The van der Waals surface area contributed by atoms with Crippen LogP contribution in [0.1, 0.15) is 16.1 Å². The van der Waals surface area contributed by atoms with Crippen molar-refractivity contribution in [3.8, 4) is 11.5 Å². The van der Waals surface area contributed by atoms with E-state index in [1.807, 2.05) is 47.8 Å². The molecule has 3 amide bonds. The number of hydrogen-bond acceptors (Lipinski definition) is 7. The number of para-hydroxylation sites is 2. The van der Waals surface area contributed by atoms with Crippen molar-refractivity contribution in [1.82, 2.24) is 4.98 Å². The Morgan fingerprint density at radius 1 is 0.973 bits per heavy atom. The van der Waals surface area contributed by atoms with Crippen LogP contribution in [0.15, 0.2) is 99.6 Å². The van der Waals surface area contributed by atoms with Gasteiger partial charge in [0.2, 0.25) is 17.7 Å². The Balaban J connectivity index is 1.12. The average molecular weight is 526 g/mol. The van der Waals surface area contributed by atoms with Crippen LogP contribution in [0.5, 0.6) is 0 Å². The van der Waals surface area contributed by atoms with Crippen LogP contribution in [0.25, 0.3) is 22.6 Å². The lowest BCUT2D eigenvalue weighted by Gasteiger charge is -2.15. The van der Waals surface area contributed by atoms with Crippen LogP contribution in [0.2, 0.25) is 0 Å². The summed E-state index contributed by atoms with van der Waals surface area (Å²) in [5, 5.41) is 4.19. The van der Waals surface area contributed by atoms with E-state index in [2.05, 4.69) is 10.3 Å². The van der Waals surface area contributed by atoms with E-state index in [9.17, 15) is 14.4 Å². The number of fused-ring (bicyclic) bond motifs is 1. The highest BCUT2D eigenvalue weighted by atomic mass is 32.2. The number of thiophene rings is 1. The second kappa shape index (κ2) is 9.68. The van der Waals surface area contributed by atoms with Crippen LogP contribution < -0.4 is 10.2 Å². The monoisotopic (exact) mass is 525 g/mol. The van der Waals surface area contributed by atoms with Crippen molar-refractivity contribution < 1.29 is 18.8 Å². The molecular weight excluding hydrogens is 506 g/mol. The first-order valence-corrected chi connectivity index (χ1v) is 13.3. The fourth-order valence-corrected chi connectivity index (χ4v) is 5.77. The van der Waals surface area contributed by atoms with Gasteiger partial charge in [-0.2, -0.15) is 0 Å². The van der Waals surface area contributed by atoms with Gasteiger partial charge in [-0.25, -0.2) is 9.88 Å². The number of carbonyl (C=O) groups is 3. The quantitative estimate of drug-likeness (QED) is 0.264. The third kappa shape index (κ3) is 4.66. The van der Waals surface area contributed by atoms with Crippen LogP contribution in [-0.2, 0) is 9.59 Å². The molecule has 0 spiro atoms. The Labute approximate surface area is 220 Å². The fourth-order valence-electron chi connectivity index (χ4n) is 4.10. The molecule has 1 saturated heterocycles. The summed E-state index contributed by atoms with van der Waals surface area (Å²) in [5.41, 5.74) is 3.41. The number of imide groups is 1. The largest absolute Gasteiger partial charge is 0.436 e. The first kappa shape index (κ1) is 23.2. The highest BCUT2D eigenvalue weighted by Crippen LogP contribution is 2.35. The topological polar surface area (TPSA) is 92.5 Å². The minimum atomic E-state index is -0.518. The van der Waals surface area contributed by atoms with Gasteiger partial charge >= 0.3 is 0 Å². The summed E-state index contributed by atoms with van der Waals surface area (Å²) in [5.74, 6) is -0.170. The van der Waals surface area contributed by atoms with E-state index in [0.717, 1.165) is 16.0 Å². The Hall–Kier alpha value is -4.21. The molecule has 1 aliphatic heterocycles. The van der Waals surface area contributed by atoms with E-state index in [-0.39, 0.29) is 24.1 Å². The highest BCUT2D eigenvalue weighted by Gasteiger charge is 2.40. The van der Waals surface area contributed by atoms with Crippen molar-refractivity contribution in [2.75, 3.05) is 10.2 Å². The van der Waals surface area contributed by atoms with Gasteiger partial charge in [0, 0.05) is 22.6 Å². The smallest absolute Gasteiger partial charge is 0.265 e. The van der Waals surface area contributed by atoms with E-state index in [1.54, 1.807) is 42.5 Å². The minimum absolute atomic E-state index is 0.118. The van der Waals surface area contributed by atoms with Gasteiger partial charge in [-0.15, -0.1) is 23.1 Å². The molecular formula is C28H19N3O4S2. The van der Waals surface area contributed by atoms with E-state index >= 15 is 0 Å². The molecule has 1 fully saturated rings. The van der Waals surface area contributed by atoms with Crippen LogP contribution in [0.4, 0.5) is 11.4 Å². The molecule has 3 heterocycles. The molecule has 0 bridgehead atoms. The number of carbonyl (C=O) groups excluding carboxylic acids is 3. The van der Waals surface area contributed by atoms with E-state index in [1.165, 1.54) is 28.0 Å². The lowest BCUT2D eigenvalue weighted by Crippen LogP contribution is -2.31. The number of anilines is 2. The van der Waals surface area contributed by atoms with Gasteiger partial charge in [0.05, 0.1) is 15.8 Å². The molecule has 1 unspecified atom stereocenters. The van der Waals surface area contributed by atoms with Gasteiger partial charge in [-0.05, 0) is 72.1 Å². The van der Waals surface area contributed by atoms with E-state index in [4.69, 9.17) is 4.42 Å². The van der Waals surface area contributed by atoms with Gasteiger partial charge in [0.25, 0.3) is 5.91 Å². The van der Waals surface area contributed by atoms with Crippen LogP contribution in [0.3, 0.4) is 0 Å². The molecule has 0 radical (unpaired) electrons. The second-order valence-electron chi connectivity index (χ2n) is 8.37. The summed E-state index contributed by atoms with van der Waals surface area (Å²) in [6.45, 7) is 0. The zero-order chi connectivity index (χ0) is 25.4. The third-order valence-electron chi connectivity index (χ3n) is 5.91. The predicted molar refractivity (Wildman–Crippen MR) is 145 cm³/mol. The lowest BCUT2D eigenvalue weighted by atomic mass is 10.2. The average Bonchev–Trinajstić information content (AvgIpc) is 3.65. The van der Waals surface area contributed by atoms with Gasteiger partial charge in [0.1, 0.15) is 5.52 Å². The maximum atomic E-state index is 13.1. The SMILES string of the molecule is O=C(Nc1ccc(SC2CC(=O)N(c3ccc(-c4nc5ccccc5o4)cc3)C2=O)cc1)c1cccs1. The lowest BCUT2D eigenvalue weighted by molar-refractivity contribution is -0.121. The van der Waals surface area contributed by atoms with Crippen LogP contribution in [0, 0.1) is 0 Å². The summed E-state index contributed by atoms with van der Waals surface area (Å²) in [7, 11) is 0. The number of hydrogen-bond donors (Lipinski definition) is 1. The van der Waals surface area contributed by atoms with Crippen molar-refractivity contribution in [1.29, 1.82) is 0 Å². The van der Waals surface area contributed by atoms with Crippen molar-refractivity contribution >= 4 is 63.3 Å². The van der Waals surface area contributed by atoms with Gasteiger partial charge in [-0.3, -0.25) is 14.4 Å². The second-order valence-corrected chi connectivity index (χ2v) is 10.6. The van der Waals surface area contributed by atoms with Gasteiger partial charge in [0.15, 0.2) is 5.58 Å². The molecule has 1 aliphatic rings. The minimum Gasteiger partial charge on any atom is -0.436 e. The first-order chi connectivity index (χ1) is 18.0. The first-order valence-electron chi connectivity index (χ1n) is 11.5. The Morgan fingerprint density at radius 3 is 2.49 bits per heavy atom. The standard InChI is InChI=1S/C28H19N3O4S2/c32-25-16-24(37-20-13-9-18(10-14-20)29-26(33)23-6-3-15-36-23)28(34)31(25)19-11-7-17(8-12-19)27-30-21-4-1-2-5-22(21)35-27/h1-15,24H,16H2,(H,29,33). The van der Waals surface area contributed by atoms with Crippen molar-refractivity contribution in [2.24, 2.45) is 0 Å². The van der Waals surface area contributed by atoms with Crippen molar-refractivity contribution in [2.45, 2.75) is 16.6 Å². The van der Waals surface area contributed by atoms with Crippen molar-refractivity contribution in [3.63, 3.8) is 0 Å². The number of rotatable bonds is 6. The predicted octanol–water partition coefficient (Wildman–Crippen LogP) is 6.23. The molecule has 6 rings (SSSR count). The number of aromatic nitrogens is 1. The molecule has 1 N–H and O–H groups in total. The normalized spacial score (nSPS) is 15.5. The van der Waals surface area contributed by atoms with Crippen molar-refractivity contribution in [3.05, 3.63) is 95.2 Å². The Kier molecular flexibility index (Phi) is 6.07. The number of oxazole rings is 1. The number of thioether (sulfide) groups is 1. The molecule has 2 aromatic heterocycles. The summed E-state index contributed by atoms with van der Waals surface area (Å²) < 4.78 is 5.81. The molecule has 182 valence electrons. The zero-order valence-electron chi connectivity index (χ0n) is 19.3. The number of benzene rings is 3. The van der Waals surface area contributed by atoms with E-state index < -0.39 is 5.25 Å². The fraction of sp³-hybridized carbons (Fsp3) is 0.0714. The van der Waals surface area contributed by atoms with E-state index in [0.29, 0.717) is 27.7 Å². The summed E-state index contributed by atoms with van der Waals surface area (Å²) >= 11 is 2.72. The molecule has 3 aromatic carbocycles. The molecule has 0 aliphatic carbocycles. The molecule has 7 nitrogen and oxygen atoms in total. The maximum absolute atomic E-state index is 13.1. The van der Waals surface area contributed by atoms with Crippen LogP contribution >= 0.6 is 23.1 Å². The molecule has 0 saturated carbocycles. The molecule has 9 heteroatoms. The summed E-state index contributed by atoms with van der Waals surface area (Å²) in [6.07, 6.45) is 0.118. The highest BCUT2D eigenvalue weighted by molar-refractivity contribution is 8.00.